The SMILES string of the molecule is Cc1nn(C)cc1C(C)NC(=S)Nc1c(C)nn(Cc2ccc(Cl)c(Cl)c2)c1C. The van der Waals surface area contributed by atoms with Crippen LogP contribution < -0.4 is 10.6 Å². The van der Waals surface area contributed by atoms with Gasteiger partial charge >= 0.3 is 0 Å². The number of nitrogens with one attached hydrogen (secondary N) is 2. The van der Waals surface area contributed by atoms with E-state index < -0.39 is 0 Å². The van der Waals surface area contributed by atoms with Crippen molar-refractivity contribution < 1.29 is 0 Å². The maximum Gasteiger partial charge on any atom is 0.171 e. The zero-order valence-electron chi connectivity index (χ0n) is 17.0. The van der Waals surface area contributed by atoms with E-state index >= 15 is 0 Å². The van der Waals surface area contributed by atoms with Crippen LogP contribution in [0.5, 0.6) is 0 Å². The van der Waals surface area contributed by atoms with Crippen LogP contribution >= 0.6 is 35.4 Å². The summed E-state index contributed by atoms with van der Waals surface area (Å²) in [6.07, 6.45) is 2.00. The molecule has 9 heteroatoms. The summed E-state index contributed by atoms with van der Waals surface area (Å²) < 4.78 is 3.73. The maximum absolute atomic E-state index is 6.13. The normalized spacial score (nSPS) is 12.1. The lowest BCUT2D eigenvalue weighted by molar-refractivity contribution is 0.659. The van der Waals surface area contributed by atoms with Crippen molar-refractivity contribution in [1.29, 1.82) is 0 Å². The molecule has 0 fully saturated rings. The highest BCUT2D eigenvalue weighted by atomic mass is 35.5. The second-order valence-electron chi connectivity index (χ2n) is 7.12. The van der Waals surface area contributed by atoms with Gasteiger partial charge in [-0.05, 0) is 57.6 Å². The van der Waals surface area contributed by atoms with E-state index in [4.69, 9.17) is 35.4 Å². The molecule has 2 heterocycles. The number of nitrogens with zero attached hydrogens (tertiary/aromatic N) is 4. The zero-order chi connectivity index (χ0) is 21.3. The van der Waals surface area contributed by atoms with Gasteiger partial charge in [0.1, 0.15) is 0 Å². The van der Waals surface area contributed by atoms with Gasteiger partial charge in [0.25, 0.3) is 0 Å². The first-order chi connectivity index (χ1) is 13.7. The van der Waals surface area contributed by atoms with Gasteiger partial charge in [-0.3, -0.25) is 9.36 Å². The Morgan fingerprint density at radius 1 is 1.14 bits per heavy atom. The molecule has 0 amide bonds. The number of halogens is 2. The molecule has 0 saturated carbocycles. The fourth-order valence-corrected chi connectivity index (χ4v) is 3.91. The van der Waals surface area contributed by atoms with Crippen LogP contribution in [0.25, 0.3) is 0 Å². The fourth-order valence-electron chi connectivity index (χ4n) is 3.31. The highest BCUT2D eigenvalue weighted by Crippen LogP contribution is 2.25. The van der Waals surface area contributed by atoms with E-state index in [2.05, 4.69) is 27.8 Å². The van der Waals surface area contributed by atoms with Gasteiger partial charge in [0, 0.05) is 18.8 Å². The second-order valence-corrected chi connectivity index (χ2v) is 8.34. The molecule has 0 bridgehead atoms. The molecule has 0 aliphatic rings. The number of anilines is 1. The third-order valence-electron chi connectivity index (χ3n) is 4.80. The summed E-state index contributed by atoms with van der Waals surface area (Å²) in [5.41, 5.74) is 5.88. The van der Waals surface area contributed by atoms with Crippen LogP contribution in [0.3, 0.4) is 0 Å². The van der Waals surface area contributed by atoms with Gasteiger partial charge in [-0.25, -0.2) is 0 Å². The number of benzene rings is 1. The largest absolute Gasteiger partial charge is 0.356 e. The van der Waals surface area contributed by atoms with Gasteiger partial charge in [0.2, 0.25) is 0 Å². The van der Waals surface area contributed by atoms with Crippen LogP contribution in [0.15, 0.2) is 24.4 Å². The Bertz CT molecular complexity index is 1060. The molecule has 0 saturated heterocycles. The van der Waals surface area contributed by atoms with Crippen molar-refractivity contribution in [2.75, 3.05) is 5.32 Å². The molecule has 0 spiro atoms. The van der Waals surface area contributed by atoms with Crippen LogP contribution in [0.1, 0.15) is 41.2 Å². The summed E-state index contributed by atoms with van der Waals surface area (Å²) >= 11 is 17.7. The van der Waals surface area contributed by atoms with Gasteiger partial charge in [-0.2, -0.15) is 10.2 Å². The second kappa shape index (κ2) is 8.73. The van der Waals surface area contributed by atoms with E-state index in [0.717, 1.165) is 33.9 Å². The van der Waals surface area contributed by atoms with E-state index in [0.29, 0.717) is 21.7 Å². The Labute approximate surface area is 186 Å². The topological polar surface area (TPSA) is 59.7 Å². The maximum atomic E-state index is 6.13. The van der Waals surface area contributed by atoms with Crippen molar-refractivity contribution in [2.24, 2.45) is 7.05 Å². The molecule has 2 N–H and O–H groups in total. The summed E-state index contributed by atoms with van der Waals surface area (Å²) in [6.45, 7) is 8.61. The van der Waals surface area contributed by atoms with E-state index in [1.54, 1.807) is 10.7 Å². The van der Waals surface area contributed by atoms with Gasteiger partial charge in [0.05, 0.1) is 45.4 Å². The summed E-state index contributed by atoms with van der Waals surface area (Å²) in [4.78, 5) is 0. The number of aryl methyl sites for hydroxylation is 3. The summed E-state index contributed by atoms with van der Waals surface area (Å²) in [6, 6.07) is 5.64. The minimum atomic E-state index is 0.0376. The van der Waals surface area contributed by atoms with E-state index in [1.807, 2.05) is 50.8 Å². The Kier molecular flexibility index (Phi) is 6.51. The first-order valence-corrected chi connectivity index (χ1v) is 10.4. The van der Waals surface area contributed by atoms with Crippen LogP contribution in [0.4, 0.5) is 5.69 Å². The van der Waals surface area contributed by atoms with Crippen molar-refractivity contribution in [1.82, 2.24) is 24.9 Å². The molecule has 3 rings (SSSR count). The number of rotatable bonds is 5. The molecule has 0 aliphatic heterocycles. The van der Waals surface area contributed by atoms with Gasteiger partial charge < -0.3 is 10.6 Å². The summed E-state index contributed by atoms with van der Waals surface area (Å²) in [7, 11) is 1.91. The first kappa shape index (κ1) is 21.6. The molecule has 0 radical (unpaired) electrons. The van der Waals surface area contributed by atoms with E-state index in [1.165, 1.54) is 0 Å². The number of thiocarbonyl (C=S) groups is 1. The standard InChI is InChI=1S/C20H24Cl2N6S/c1-11(16-10-27(5)25-12(16)2)23-20(29)24-19-13(3)26-28(14(19)4)9-15-6-7-17(21)18(22)8-15/h6-8,10-11H,9H2,1-5H3,(H2,23,24,29). The van der Waals surface area contributed by atoms with Crippen molar-refractivity contribution in [3.8, 4) is 0 Å². The molecule has 2 aromatic heterocycles. The quantitative estimate of drug-likeness (QED) is 0.538. The van der Waals surface area contributed by atoms with Gasteiger partial charge in [-0.1, -0.05) is 29.3 Å². The lowest BCUT2D eigenvalue weighted by Crippen LogP contribution is -2.31. The number of hydrogen-bond acceptors (Lipinski definition) is 3. The number of aromatic nitrogens is 4. The average molecular weight is 451 g/mol. The fraction of sp³-hybridized carbons (Fsp3) is 0.350. The molecular weight excluding hydrogens is 427 g/mol. The third-order valence-corrected chi connectivity index (χ3v) is 5.76. The Morgan fingerprint density at radius 3 is 2.48 bits per heavy atom. The van der Waals surface area contributed by atoms with Crippen molar-refractivity contribution in [3.05, 3.63) is 62.6 Å². The molecule has 29 heavy (non-hydrogen) atoms. The lowest BCUT2D eigenvalue weighted by Gasteiger charge is -2.17. The van der Waals surface area contributed by atoms with E-state index in [-0.39, 0.29) is 6.04 Å². The highest BCUT2D eigenvalue weighted by molar-refractivity contribution is 7.80. The monoisotopic (exact) mass is 450 g/mol. The predicted octanol–water partition coefficient (Wildman–Crippen LogP) is 4.94. The van der Waals surface area contributed by atoms with Crippen LogP contribution in [0, 0.1) is 20.8 Å². The van der Waals surface area contributed by atoms with Crippen molar-refractivity contribution >= 4 is 46.2 Å². The first-order valence-electron chi connectivity index (χ1n) is 9.21. The molecule has 0 aliphatic carbocycles. The predicted molar refractivity (Wildman–Crippen MR) is 123 cm³/mol. The summed E-state index contributed by atoms with van der Waals surface area (Å²) in [5, 5.41) is 17.3. The molecule has 154 valence electrons. The summed E-state index contributed by atoms with van der Waals surface area (Å²) in [5.74, 6) is 0. The Hall–Kier alpha value is -2.09. The molecule has 3 aromatic rings. The minimum absolute atomic E-state index is 0.0376. The van der Waals surface area contributed by atoms with Crippen LogP contribution in [-0.4, -0.2) is 24.7 Å². The van der Waals surface area contributed by atoms with Crippen molar-refractivity contribution in [3.63, 3.8) is 0 Å². The lowest BCUT2D eigenvalue weighted by atomic mass is 10.1. The molecule has 1 unspecified atom stereocenters. The highest BCUT2D eigenvalue weighted by Gasteiger charge is 2.16. The minimum Gasteiger partial charge on any atom is -0.356 e. The number of hydrogen-bond donors (Lipinski definition) is 2. The zero-order valence-corrected chi connectivity index (χ0v) is 19.4. The van der Waals surface area contributed by atoms with Gasteiger partial charge in [0.15, 0.2) is 5.11 Å². The molecule has 1 aromatic carbocycles. The third kappa shape index (κ3) is 4.91. The van der Waals surface area contributed by atoms with Crippen molar-refractivity contribution in [2.45, 2.75) is 40.3 Å². The molecule has 6 nitrogen and oxygen atoms in total. The Balaban J connectivity index is 1.71. The van der Waals surface area contributed by atoms with Gasteiger partial charge in [-0.15, -0.1) is 0 Å². The molecular formula is C20H24Cl2N6S. The van der Waals surface area contributed by atoms with E-state index in [9.17, 15) is 0 Å². The van der Waals surface area contributed by atoms with Crippen LogP contribution in [-0.2, 0) is 13.6 Å². The Morgan fingerprint density at radius 2 is 1.86 bits per heavy atom. The van der Waals surface area contributed by atoms with Crippen LogP contribution in [0.2, 0.25) is 10.0 Å². The smallest absolute Gasteiger partial charge is 0.171 e. The molecule has 1 atom stereocenters. The average Bonchev–Trinajstić information content (AvgIpc) is 3.11.